The Labute approximate surface area is 126 Å². The second kappa shape index (κ2) is 6.26. The molecular weight excluding hydrogens is 280 g/mol. The van der Waals surface area contributed by atoms with Crippen LogP contribution in [-0.2, 0) is 0 Å². The Kier molecular flexibility index (Phi) is 3.99. The van der Waals surface area contributed by atoms with Gasteiger partial charge in [0.25, 0.3) is 0 Å². The minimum Gasteiger partial charge on any atom is -0.135 e. The molecule has 0 saturated heterocycles. The zero-order chi connectivity index (χ0) is 13.6. The van der Waals surface area contributed by atoms with Gasteiger partial charge in [0.2, 0.25) is 0 Å². The molecule has 0 fully saturated rings. The summed E-state index contributed by atoms with van der Waals surface area (Å²) in [6, 6.07) is 16.1. The van der Waals surface area contributed by atoms with E-state index in [0.717, 1.165) is 20.9 Å². The molecule has 2 heterocycles. The lowest BCUT2D eigenvalue weighted by Gasteiger charge is -1.91. The number of hydrogen-bond donors (Lipinski definition) is 0. The lowest BCUT2D eigenvalue weighted by atomic mass is 10.1. The zero-order valence-corrected chi connectivity index (χ0v) is 12.2. The molecule has 2 heteroatoms. The summed E-state index contributed by atoms with van der Waals surface area (Å²) in [6.45, 7) is 0. The highest BCUT2D eigenvalue weighted by Gasteiger charge is 1.90. The van der Waals surface area contributed by atoms with Gasteiger partial charge in [-0.25, -0.2) is 0 Å². The molecule has 94 valence electrons. The third-order valence-corrected chi connectivity index (χ3v) is 4.16. The third-order valence-electron chi connectivity index (χ3n) is 2.59. The van der Waals surface area contributed by atoms with E-state index in [1.807, 2.05) is 59.3 Å². The Balaban J connectivity index is 1.75. The fourth-order valence-corrected chi connectivity index (χ4v) is 2.75. The molecule has 0 amide bonds. The van der Waals surface area contributed by atoms with Gasteiger partial charge < -0.3 is 0 Å². The van der Waals surface area contributed by atoms with E-state index in [1.54, 1.807) is 22.7 Å². The molecule has 0 nitrogen and oxygen atoms in total. The molecule has 0 N–H and O–H groups in total. The first-order chi connectivity index (χ1) is 9.90. The predicted molar refractivity (Wildman–Crippen MR) is 87.0 cm³/mol. The van der Waals surface area contributed by atoms with Crippen LogP contribution >= 0.6 is 22.7 Å². The van der Waals surface area contributed by atoms with Crippen molar-refractivity contribution in [3.05, 3.63) is 80.2 Å². The largest absolute Gasteiger partial charge is 0.135 e. The van der Waals surface area contributed by atoms with Crippen LogP contribution in [-0.4, -0.2) is 0 Å². The zero-order valence-electron chi connectivity index (χ0n) is 10.6. The molecule has 0 aliphatic carbocycles. The second-order valence-electron chi connectivity index (χ2n) is 4.03. The number of benzene rings is 1. The fourth-order valence-electron chi connectivity index (χ4n) is 1.60. The van der Waals surface area contributed by atoms with Gasteiger partial charge in [-0.2, -0.15) is 0 Å². The Morgan fingerprint density at radius 3 is 1.35 bits per heavy atom. The van der Waals surface area contributed by atoms with Crippen molar-refractivity contribution >= 4 is 22.7 Å². The smallest absolute Gasteiger partial charge is 0.0772 e. The number of thiophene rings is 2. The van der Waals surface area contributed by atoms with Crippen LogP contribution in [0.25, 0.3) is 0 Å². The summed E-state index contributed by atoms with van der Waals surface area (Å²) in [7, 11) is 0. The van der Waals surface area contributed by atoms with Gasteiger partial charge in [0, 0.05) is 11.1 Å². The van der Waals surface area contributed by atoms with Gasteiger partial charge in [-0.1, -0.05) is 35.8 Å². The van der Waals surface area contributed by atoms with Crippen molar-refractivity contribution in [1.29, 1.82) is 0 Å². The Morgan fingerprint density at radius 1 is 0.550 bits per heavy atom. The van der Waals surface area contributed by atoms with Crippen molar-refractivity contribution in [3.8, 4) is 23.7 Å². The van der Waals surface area contributed by atoms with Gasteiger partial charge in [-0.15, -0.1) is 22.7 Å². The Hall–Kier alpha value is -2.26. The van der Waals surface area contributed by atoms with Gasteiger partial charge in [-0.05, 0) is 47.2 Å². The molecule has 20 heavy (non-hydrogen) atoms. The maximum atomic E-state index is 3.16. The van der Waals surface area contributed by atoms with E-state index < -0.39 is 0 Å². The van der Waals surface area contributed by atoms with E-state index in [-0.39, 0.29) is 0 Å². The molecule has 0 spiro atoms. The molecule has 0 aliphatic heterocycles. The van der Waals surface area contributed by atoms with Gasteiger partial charge >= 0.3 is 0 Å². The first-order valence-corrected chi connectivity index (χ1v) is 7.87. The number of hydrogen-bond acceptors (Lipinski definition) is 2. The normalized spacial score (nSPS) is 9.20. The summed E-state index contributed by atoms with van der Waals surface area (Å²) >= 11 is 3.31. The summed E-state index contributed by atoms with van der Waals surface area (Å²) in [5.74, 6) is 12.6. The molecule has 3 rings (SSSR count). The molecule has 0 unspecified atom stereocenters. The van der Waals surface area contributed by atoms with E-state index in [1.165, 1.54) is 0 Å². The van der Waals surface area contributed by atoms with Crippen LogP contribution in [0.1, 0.15) is 20.9 Å². The molecule has 0 atom stereocenters. The van der Waals surface area contributed by atoms with Crippen molar-refractivity contribution in [2.75, 3.05) is 0 Å². The van der Waals surface area contributed by atoms with Crippen molar-refractivity contribution in [3.63, 3.8) is 0 Å². The summed E-state index contributed by atoms with van der Waals surface area (Å²) in [5, 5.41) is 4.07. The van der Waals surface area contributed by atoms with E-state index in [9.17, 15) is 0 Å². The lowest BCUT2D eigenvalue weighted by molar-refractivity contribution is 1.60. The quantitative estimate of drug-likeness (QED) is 0.530. The highest BCUT2D eigenvalue weighted by molar-refractivity contribution is 7.10. The van der Waals surface area contributed by atoms with Crippen LogP contribution in [0.4, 0.5) is 0 Å². The molecule has 2 aromatic heterocycles. The maximum Gasteiger partial charge on any atom is 0.0772 e. The van der Waals surface area contributed by atoms with E-state index in [4.69, 9.17) is 0 Å². The molecule has 0 saturated carbocycles. The predicted octanol–water partition coefficient (Wildman–Crippen LogP) is 4.61. The third kappa shape index (κ3) is 3.39. The van der Waals surface area contributed by atoms with Crippen molar-refractivity contribution in [1.82, 2.24) is 0 Å². The lowest BCUT2D eigenvalue weighted by Crippen LogP contribution is -1.77. The highest BCUT2D eigenvalue weighted by atomic mass is 32.1. The van der Waals surface area contributed by atoms with Gasteiger partial charge in [0.15, 0.2) is 0 Å². The van der Waals surface area contributed by atoms with E-state index in [2.05, 4.69) is 23.7 Å². The molecular formula is C18H10S2. The van der Waals surface area contributed by atoms with Crippen LogP contribution in [0, 0.1) is 23.7 Å². The highest BCUT2D eigenvalue weighted by Crippen LogP contribution is 2.08. The molecule has 0 aliphatic rings. The summed E-state index contributed by atoms with van der Waals surface area (Å²) < 4.78 is 0. The maximum absolute atomic E-state index is 3.16. The van der Waals surface area contributed by atoms with Crippen molar-refractivity contribution in [2.45, 2.75) is 0 Å². The molecule has 0 bridgehead atoms. The molecule has 3 aromatic rings. The Bertz CT molecular complexity index is 713. The standard InChI is InChI=1S/C18H10S2/c1-3-17(19-13-1)11-9-15-5-7-16(8-6-15)10-12-18-4-2-14-20-18/h1-8,13-14H. The van der Waals surface area contributed by atoms with Crippen LogP contribution in [0.5, 0.6) is 0 Å². The average Bonchev–Trinajstić information content (AvgIpc) is 3.17. The van der Waals surface area contributed by atoms with Crippen molar-refractivity contribution < 1.29 is 0 Å². The SMILES string of the molecule is C(#Cc1cccs1)c1ccc(C#Cc2cccs2)cc1. The van der Waals surface area contributed by atoms with Gasteiger partial charge in [-0.3, -0.25) is 0 Å². The average molecular weight is 290 g/mol. The van der Waals surface area contributed by atoms with Gasteiger partial charge in [0.05, 0.1) is 9.75 Å². The number of rotatable bonds is 0. The monoisotopic (exact) mass is 290 g/mol. The van der Waals surface area contributed by atoms with E-state index in [0.29, 0.717) is 0 Å². The van der Waals surface area contributed by atoms with Crippen LogP contribution in [0.15, 0.2) is 59.3 Å². The van der Waals surface area contributed by atoms with Crippen LogP contribution < -0.4 is 0 Å². The summed E-state index contributed by atoms with van der Waals surface area (Å²) in [6.07, 6.45) is 0. The summed E-state index contributed by atoms with van der Waals surface area (Å²) in [4.78, 5) is 2.18. The fraction of sp³-hybridized carbons (Fsp3) is 0. The minimum atomic E-state index is 1.01. The van der Waals surface area contributed by atoms with Crippen LogP contribution in [0.2, 0.25) is 0 Å². The summed E-state index contributed by atoms with van der Waals surface area (Å²) in [5.41, 5.74) is 2.03. The first kappa shape index (κ1) is 12.8. The molecule has 0 radical (unpaired) electrons. The second-order valence-corrected chi connectivity index (χ2v) is 5.93. The van der Waals surface area contributed by atoms with Crippen LogP contribution in [0.3, 0.4) is 0 Å². The molecule has 1 aromatic carbocycles. The topological polar surface area (TPSA) is 0 Å². The van der Waals surface area contributed by atoms with Crippen molar-refractivity contribution in [2.24, 2.45) is 0 Å². The first-order valence-electron chi connectivity index (χ1n) is 6.11. The van der Waals surface area contributed by atoms with E-state index >= 15 is 0 Å². The van der Waals surface area contributed by atoms with Gasteiger partial charge in [0.1, 0.15) is 0 Å². The minimum absolute atomic E-state index is 1.01. The Morgan fingerprint density at radius 2 is 1.00 bits per heavy atom.